The van der Waals surface area contributed by atoms with Gasteiger partial charge in [-0.2, -0.15) is 5.26 Å². The van der Waals surface area contributed by atoms with Crippen molar-refractivity contribution in [2.75, 3.05) is 13.1 Å². The summed E-state index contributed by atoms with van der Waals surface area (Å²) in [6, 6.07) is 17.1. The first-order valence-corrected chi connectivity index (χ1v) is 9.69. The second-order valence-corrected chi connectivity index (χ2v) is 7.84. The number of rotatable bonds is 4. The van der Waals surface area contributed by atoms with E-state index in [1.807, 2.05) is 24.3 Å². The Balaban J connectivity index is 1.58. The number of benzene rings is 2. The summed E-state index contributed by atoms with van der Waals surface area (Å²) in [7, 11) is 0. The topological polar surface area (TPSA) is 39.9 Å². The van der Waals surface area contributed by atoms with E-state index in [-0.39, 0.29) is 0 Å². The number of nitrogens with zero attached hydrogens (tertiary/aromatic N) is 3. The molecule has 1 fully saturated rings. The average Bonchev–Trinajstić information content (AvgIpc) is 3.24. The van der Waals surface area contributed by atoms with Gasteiger partial charge in [0.05, 0.1) is 26.9 Å². The lowest BCUT2D eigenvalue weighted by Crippen LogP contribution is -2.28. The van der Waals surface area contributed by atoms with Crippen LogP contribution in [0.5, 0.6) is 0 Å². The van der Waals surface area contributed by atoms with Gasteiger partial charge >= 0.3 is 0 Å². The molecule has 0 saturated carbocycles. The normalized spacial score (nSPS) is 17.8. The number of likely N-dealkylation sites (tertiary alicyclic amines) is 1. The molecule has 25 heavy (non-hydrogen) atoms. The van der Waals surface area contributed by atoms with Gasteiger partial charge in [-0.15, -0.1) is 11.3 Å². The predicted octanol–water partition coefficient (Wildman–Crippen LogP) is 4.86. The first-order chi connectivity index (χ1) is 12.2. The summed E-state index contributed by atoms with van der Waals surface area (Å²) in [5.41, 5.74) is 3.79. The first-order valence-electron chi connectivity index (χ1n) is 8.87. The Morgan fingerprint density at radius 2 is 2.16 bits per heavy atom. The van der Waals surface area contributed by atoms with Gasteiger partial charge in [0.2, 0.25) is 0 Å². The third kappa shape index (κ3) is 3.30. The lowest BCUT2D eigenvalue weighted by molar-refractivity contribution is 0.272. The third-order valence-electron chi connectivity index (χ3n) is 5.09. The van der Waals surface area contributed by atoms with Gasteiger partial charge in [-0.25, -0.2) is 4.98 Å². The molecular weight excluding hydrogens is 326 g/mol. The van der Waals surface area contributed by atoms with Gasteiger partial charge in [0.1, 0.15) is 0 Å². The zero-order chi connectivity index (χ0) is 17.2. The number of aromatic nitrogens is 1. The molecule has 2 heterocycles. The molecular formula is C21H21N3S. The fourth-order valence-corrected chi connectivity index (χ4v) is 4.58. The van der Waals surface area contributed by atoms with E-state index in [1.54, 1.807) is 11.3 Å². The summed E-state index contributed by atoms with van der Waals surface area (Å²) in [5.74, 6) is 0. The molecule has 1 aliphatic heterocycles. The van der Waals surface area contributed by atoms with E-state index in [0.29, 0.717) is 11.6 Å². The Labute approximate surface area is 152 Å². The Hall–Kier alpha value is -2.22. The number of thiazole rings is 1. The van der Waals surface area contributed by atoms with Crippen LogP contribution >= 0.6 is 11.3 Å². The van der Waals surface area contributed by atoms with E-state index >= 15 is 0 Å². The molecule has 1 saturated heterocycles. The van der Waals surface area contributed by atoms with Gasteiger partial charge in [0, 0.05) is 19.0 Å². The summed E-state index contributed by atoms with van der Waals surface area (Å²) in [5, 5.41) is 10.5. The van der Waals surface area contributed by atoms with Crippen LogP contribution < -0.4 is 0 Å². The second kappa shape index (κ2) is 6.95. The fraction of sp³-hybridized carbons (Fsp3) is 0.333. The molecule has 0 bridgehead atoms. The highest BCUT2D eigenvalue weighted by Crippen LogP contribution is 2.30. The maximum atomic E-state index is 9.32. The summed E-state index contributed by atoms with van der Waals surface area (Å²) >= 11 is 1.79. The van der Waals surface area contributed by atoms with Crippen molar-refractivity contribution in [2.45, 2.75) is 32.2 Å². The molecule has 0 N–H and O–H groups in total. The van der Waals surface area contributed by atoms with E-state index in [0.717, 1.165) is 29.6 Å². The van der Waals surface area contributed by atoms with Crippen LogP contribution in [0.4, 0.5) is 0 Å². The van der Waals surface area contributed by atoms with Crippen LogP contribution in [0.15, 0.2) is 42.5 Å². The van der Waals surface area contributed by atoms with Gasteiger partial charge in [-0.3, -0.25) is 0 Å². The molecule has 0 amide bonds. The van der Waals surface area contributed by atoms with E-state index in [9.17, 15) is 5.26 Å². The molecule has 1 aromatic heterocycles. The van der Waals surface area contributed by atoms with Crippen molar-refractivity contribution in [3.63, 3.8) is 0 Å². The Morgan fingerprint density at radius 3 is 2.96 bits per heavy atom. The van der Waals surface area contributed by atoms with E-state index in [1.165, 1.54) is 29.1 Å². The summed E-state index contributed by atoms with van der Waals surface area (Å²) in [4.78, 5) is 7.42. The monoisotopic (exact) mass is 347 g/mol. The lowest BCUT2D eigenvalue weighted by Gasteiger charge is -2.19. The highest BCUT2D eigenvalue weighted by Gasteiger charge is 2.20. The molecule has 0 spiro atoms. The quantitative estimate of drug-likeness (QED) is 0.676. The molecule has 0 radical (unpaired) electrons. The van der Waals surface area contributed by atoms with Gasteiger partial charge in [0.15, 0.2) is 0 Å². The lowest BCUT2D eigenvalue weighted by atomic mass is 10.0. The maximum Gasteiger partial charge on any atom is 0.0998 e. The highest BCUT2D eigenvalue weighted by molar-refractivity contribution is 7.18. The smallest absolute Gasteiger partial charge is 0.0998 e. The van der Waals surface area contributed by atoms with Crippen LogP contribution in [0.1, 0.15) is 30.3 Å². The van der Waals surface area contributed by atoms with E-state index in [4.69, 9.17) is 4.98 Å². The number of hydrogen-bond acceptors (Lipinski definition) is 4. The Kier molecular flexibility index (Phi) is 4.52. The van der Waals surface area contributed by atoms with Crippen LogP contribution in [0, 0.1) is 11.3 Å². The molecule has 0 aliphatic carbocycles. The standard InChI is InChI=1S/C21H21N3S/c1-15-5-4-11-24(15)12-10-21-23-19-13-16(8-9-20(19)25-21)18-7-3-2-6-17(18)14-22/h2-3,6-9,13,15H,4-5,10-12H2,1H3/t15-/m1/s1. The SMILES string of the molecule is C[C@@H]1CCCN1CCc1nc2cc(-c3ccccc3C#N)ccc2s1. The number of fused-ring (bicyclic) bond motifs is 1. The van der Waals surface area contributed by atoms with Gasteiger partial charge in [0.25, 0.3) is 0 Å². The second-order valence-electron chi connectivity index (χ2n) is 6.72. The van der Waals surface area contributed by atoms with Crippen molar-refractivity contribution in [3.8, 4) is 17.2 Å². The minimum Gasteiger partial charge on any atom is -0.300 e. The van der Waals surface area contributed by atoms with E-state index in [2.05, 4.69) is 36.1 Å². The van der Waals surface area contributed by atoms with Crippen molar-refractivity contribution in [1.82, 2.24) is 9.88 Å². The van der Waals surface area contributed by atoms with Gasteiger partial charge in [-0.05, 0) is 55.6 Å². The van der Waals surface area contributed by atoms with Gasteiger partial charge < -0.3 is 4.90 Å². The zero-order valence-electron chi connectivity index (χ0n) is 14.4. The van der Waals surface area contributed by atoms with Gasteiger partial charge in [-0.1, -0.05) is 24.3 Å². The van der Waals surface area contributed by atoms with E-state index < -0.39 is 0 Å². The minimum absolute atomic E-state index is 0.709. The zero-order valence-corrected chi connectivity index (χ0v) is 15.2. The molecule has 126 valence electrons. The first kappa shape index (κ1) is 16.3. The van der Waals surface area contributed by atoms with Crippen LogP contribution in [-0.4, -0.2) is 29.0 Å². The van der Waals surface area contributed by atoms with Crippen molar-refractivity contribution < 1.29 is 0 Å². The van der Waals surface area contributed by atoms with Crippen LogP contribution in [0.25, 0.3) is 21.3 Å². The molecule has 1 atom stereocenters. The predicted molar refractivity (Wildman–Crippen MR) is 104 cm³/mol. The molecule has 1 aliphatic rings. The molecule has 4 heteroatoms. The molecule has 2 aromatic carbocycles. The van der Waals surface area contributed by atoms with Crippen molar-refractivity contribution in [2.24, 2.45) is 0 Å². The molecule has 0 unspecified atom stereocenters. The Bertz CT molecular complexity index is 938. The van der Waals surface area contributed by atoms with Crippen molar-refractivity contribution in [3.05, 3.63) is 53.0 Å². The van der Waals surface area contributed by atoms with Crippen molar-refractivity contribution in [1.29, 1.82) is 5.26 Å². The Morgan fingerprint density at radius 1 is 1.28 bits per heavy atom. The summed E-state index contributed by atoms with van der Waals surface area (Å²) in [6.07, 6.45) is 3.66. The van der Waals surface area contributed by atoms with Crippen molar-refractivity contribution >= 4 is 21.6 Å². The van der Waals surface area contributed by atoms with Crippen LogP contribution in [-0.2, 0) is 6.42 Å². The third-order valence-corrected chi connectivity index (χ3v) is 6.19. The average molecular weight is 347 g/mol. The summed E-state index contributed by atoms with van der Waals surface area (Å²) in [6.45, 7) is 4.65. The highest BCUT2D eigenvalue weighted by atomic mass is 32.1. The minimum atomic E-state index is 0.709. The largest absolute Gasteiger partial charge is 0.300 e. The number of hydrogen-bond donors (Lipinski definition) is 0. The number of nitriles is 1. The fourth-order valence-electron chi connectivity index (χ4n) is 3.65. The summed E-state index contributed by atoms with van der Waals surface area (Å²) < 4.78 is 1.22. The molecule has 3 nitrogen and oxygen atoms in total. The molecule has 4 rings (SSSR count). The maximum absolute atomic E-state index is 9.32. The van der Waals surface area contributed by atoms with Crippen LogP contribution in [0.2, 0.25) is 0 Å². The van der Waals surface area contributed by atoms with Crippen LogP contribution in [0.3, 0.4) is 0 Å². The molecule has 3 aromatic rings.